The minimum absolute atomic E-state index is 0.263. The van der Waals surface area contributed by atoms with Crippen molar-refractivity contribution in [3.63, 3.8) is 0 Å². The molecule has 1 saturated heterocycles. The van der Waals surface area contributed by atoms with Crippen molar-refractivity contribution < 1.29 is 9.53 Å². The Morgan fingerprint density at radius 1 is 1.14 bits per heavy atom. The summed E-state index contributed by atoms with van der Waals surface area (Å²) >= 11 is 0. The van der Waals surface area contributed by atoms with Crippen LogP contribution in [0.15, 0.2) is 65.7 Å². The van der Waals surface area contributed by atoms with Gasteiger partial charge in [-0.25, -0.2) is 9.97 Å². The van der Waals surface area contributed by atoms with E-state index in [1.165, 1.54) is 10.6 Å². The molecule has 3 aromatic rings. The van der Waals surface area contributed by atoms with E-state index in [0.29, 0.717) is 17.2 Å². The molecular weight excluding hydrogens is 368 g/mol. The van der Waals surface area contributed by atoms with Gasteiger partial charge in [0.15, 0.2) is 0 Å². The zero-order valence-electron chi connectivity index (χ0n) is 15.9. The topological polar surface area (TPSA) is 86.1 Å². The van der Waals surface area contributed by atoms with Gasteiger partial charge in [0.2, 0.25) is 5.95 Å². The highest BCUT2D eigenvalue weighted by molar-refractivity contribution is 5.63. The number of aldehydes is 1. The van der Waals surface area contributed by atoms with Crippen molar-refractivity contribution >= 4 is 12.2 Å². The lowest BCUT2D eigenvalue weighted by Crippen LogP contribution is -2.28. The van der Waals surface area contributed by atoms with E-state index in [1.54, 1.807) is 24.5 Å². The maximum atomic E-state index is 12.7. The van der Waals surface area contributed by atoms with Gasteiger partial charge in [0.25, 0.3) is 5.56 Å². The van der Waals surface area contributed by atoms with Crippen molar-refractivity contribution in [2.75, 3.05) is 18.5 Å². The van der Waals surface area contributed by atoms with E-state index in [-0.39, 0.29) is 11.6 Å². The smallest absolute Gasteiger partial charge is 0.252 e. The number of ether oxygens (including phenoxy) is 1. The van der Waals surface area contributed by atoms with Crippen LogP contribution in [0.25, 0.3) is 11.3 Å². The Hall–Kier alpha value is -3.32. The number of pyridine rings is 1. The summed E-state index contributed by atoms with van der Waals surface area (Å²) in [6.45, 7) is 1.46. The van der Waals surface area contributed by atoms with Gasteiger partial charge in [-0.05, 0) is 30.5 Å². The highest BCUT2D eigenvalue weighted by atomic mass is 16.5. The fraction of sp³-hybridized carbons (Fsp3) is 0.273. The monoisotopic (exact) mass is 390 g/mol. The second kappa shape index (κ2) is 8.79. The van der Waals surface area contributed by atoms with Crippen LogP contribution in [-0.2, 0) is 9.53 Å². The minimum atomic E-state index is -0.658. The minimum Gasteiger partial charge on any atom is -0.381 e. The molecule has 1 aromatic carbocycles. The predicted molar refractivity (Wildman–Crippen MR) is 110 cm³/mol. The molecule has 0 aliphatic carbocycles. The van der Waals surface area contributed by atoms with Gasteiger partial charge in [-0.3, -0.25) is 4.79 Å². The van der Waals surface area contributed by atoms with Gasteiger partial charge in [0.05, 0.1) is 5.69 Å². The first kappa shape index (κ1) is 19.0. The number of hydrogen-bond acceptors (Lipinski definition) is 6. The Labute approximate surface area is 168 Å². The van der Waals surface area contributed by atoms with E-state index >= 15 is 0 Å². The molecule has 1 fully saturated rings. The summed E-state index contributed by atoms with van der Waals surface area (Å²) in [5.41, 5.74) is 1.84. The van der Waals surface area contributed by atoms with Gasteiger partial charge in [-0.2, -0.15) is 0 Å². The number of carbonyl (C=O) groups excluding carboxylic acids is 1. The Bertz CT molecular complexity index is 1030. The van der Waals surface area contributed by atoms with E-state index < -0.39 is 6.04 Å². The molecule has 1 aliphatic heterocycles. The second-order valence-corrected chi connectivity index (χ2v) is 6.95. The average molecular weight is 390 g/mol. The molecule has 0 spiro atoms. The number of benzene rings is 1. The summed E-state index contributed by atoms with van der Waals surface area (Å²) in [7, 11) is 0. The van der Waals surface area contributed by atoms with Crippen molar-refractivity contribution in [2.45, 2.75) is 24.9 Å². The summed E-state index contributed by atoms with van der Waals surface area (Å²) in [6.07, 6.45) is 5.91. The molecule has 1 unspecified atom stereocenters. The molecule has 0 bridgehead atoms. The van der Waals surface area contributed by atoms with Crippen LogP contribution in [0.2, 0.25) is 0 Å². The first-order valence-electron chi connectivity index (χ1n) is 9.65. The zero-order chi connectivity index (χ0) is 20.1. The Balaban J connectivity index is 1.58. The molecule has 4 rings (SSSR count). The fourth-order valence-corrected chi connectivity index (χ4v) is 3.45. The van der Waals surface area contributed by atoms with Gasteiger partial charge in [-0.15, -0.1) is 0 Å². The Morgan fingerprint density at radius 3 is 2.66 bits per heavy atom. The molecule has 0 amide bonds. The van der Waals surface area contributed by atoms with Gasteiger partial charge in [0, 0.05) is 43.3 Å². The molecule has 148 valence electrons. The normalized spacial score (nSPS) is 15.6. The molecule has 29 heavy (non-hydrogen) atoms. The maximum Gasteiger partial charge on any atom is 0.252 e. The largest absolute Gasteiger partial charge is 0.381 e. The SMILES string of the molecule is O=CC(c1ccccc1)n1ccc(-c2ccnc(NC3CCOCC3)n2)cc1=O. The number of rotatable bonds is 6. The summed E-state index contributed by atoms with van der Waals surface area (Å²) < 4.78 is 6.80. The number of hydrogen-bond donors (Lipinski definition) is 1. The summed E-state index contributed by atoms with van der Waals surface area (Å²) in [5.74, 6) is 0.536. The summed E-state index contributed by atoms with van der Waals surface area (Å²) in [4.78, 5) is 33.2. The van der Waals surface area contributed by atoms with Crippen molar-refractivity contribution in [1.82, 2.24) is 14.5 Å². The molecule has 0 radical (unpaired) electrons. The van der Waals surface area contributed by atoms with Crippen LogP contribution >= 0.6 is 0 Å². The first-order valence-corrected chi connectivity index (χ1v) is 9.65. The van der Waals surface area contributed by atoms with Crippen LogP contribution in [0.1, 0.15) is 24.4 Å². The summed E-state index contributed by atoms with van der Waals surface area (Å²) in [6, 6.07) is 13.9. The third-order valence-corrected chi connectivity index (χ3v) is 5.02. The zero-order valence-corrected chi connectivity index (χ0v) is 15.9. The number of aromatic nitrogens is 3. The maximum absolute atomic E-state index is 12.7. The lowest BCUT2D eigenvalue weighted by Gasteiger charge is -2.23. The molecule has 0 saturated carbocycles. The van der Waals surface area contributed by atoms with Crippen molar-refractivity contribution in [1.29, 1.82) is 0 Å². The quantitative estimate of drug-likeness (QED) is 0.652. The van der Waals surface area contributed by atoms with Gasteiger partial charge >= 0.3 is 0 Å². The Kier molecular flexibility index (Phi) is 5.76. The van der Waals surface area contributed by atoms with Gasteiger partial charge in [-0.1, -0.05) is 30.3 Å². The summed E-state index contributed by atoms with van der Waals surface area (Å²) in [5, 5.41) is 3.33. The third kappa shape index (κ3) is 4.41. The average Bonchev–Trinajstić information content (AvgIpc) is 2.77. The lowest BCUT2D eigenvalue weighted by atomic mass is 10.1. The number of carbonyl (C=O) groups is 1. The molecule has 7 heteroatoms. The third-order valence-electron chi connectivity index (χ3n) is 5.02. The molecular formula is C22H22N4O3. The fourth-order valence-electron chi connectivity index (χ4n) is 3.45. The first-order chi connectivity index (χ1) is 14.2. The van der Waals surface area contributed by atoms with Crippen molar-refractivity contribution in [2.24, 2.45) is 0 Å². The number of nitrogens with one attached hydrogen (secondary N) is 1. The van der Waals surface area contributed by atoms with E-state index in [1.807, 2.05) is 30.3 Å². The number of nitrogens with zero attached hydrogens (tertiary/aromatic N) is 3. The molecule has 7 nitrogen and oxygen atoms in total. The van der Waals surface area contributed by atoms with Crippen LogP contribution in [-0.4, -0.2) is 40.1 Å². The van der Waals surface area contributed by atoms with Crippen LogP contribution in [0, 0.1) is 0 Å². The molecule has 1 atom stereocenters. The molecule has 3 heterocycles. The van der Waals surface area contributed by atoms with Gasteiger partial charge < -0.3 is 19.4 Å². The standard InChI is InChI=1S/C22H22N4O3/c27-15-20(16-4-2-1-3-5-16)26-11-7-17(14-21(26)28)19-6-10-23-22(25-19)24-18-8-12-29-13-9-18/h1-7,10-11,14-15,18,20H,8-9,12-13H2,(H,23,24,25). The van der Waals surface area contributed by atoms with E-state index in [4.69, 9.17) is 4.74 Å². The van der Waals surface area contributed by atoms with Crippen LogP contribution in [0.4, 0.5) is 5.95 Å². The predicted octanol–water partition coefficient (Wildman–Crippen LogP) is 2.68. The van der Waals surface area contributed by atoms with E-state index in [9.17, 15) is 9.59 Å². The van der Waals surface area contributed by atoms with Crippen molar-refractivity contribution in [3.05, 3.63) is 76.8 Å². The lowest BCUT2D eigenvalue weighted by molar-refractivity contribution is -0.109. The highest BCUT2D eigenvalue weighted by Crippen LogP contribution is 2.19. The van der Waals surface area contributed by atoms with Gasteiger partial charge in [0.1, 0.15) is 12.3 Å². The van der Waals surface area contributed by atoms with Crippen LogP contribution in [0.3, 0.4) is 0 Å². The van der Waals surface area contributed by atoms with Crippen molar-refractivity contribution in [3.8, 4) is 11.3 Å². The Morgan fingerprint density at radius 2 is 1.93 bits per heavy atom. The second-order valence-electron chi connectivity index (χ2n) is 6.95. The molecule has 1 N–H and O–H groups in total. The van der Waals surface area contributed by atoms with E-state index in [0.717, 1.165) is 37.9 Å². The van der Waals surface area contributed by atoms with Crippen LogP contribution < -0.4 is 10.9 Å². The van der Waals surface area contributed by atoms with Crippen LogP contribution in [0.5, 0.6) is 0 Å². The number of anilines is 1. The molecule has 1 aliphatic rings. The van der Waals surface area contributed by atoms with E-state index in [2.05, 4.69) is 15.3 Å². The highest BCUT2D eigenvalue weighted by Gasteiger charge is 2.16. The molecule has 2 aromatic heterocycles.